The molecule has 1 N–H and O–H groups in total. The molecule has 1 saturated heterocycles. The van der Waals surface area contributed by atoms with Crippen molar-refractivity contribution in [3.05, 3.63) is 64.9 Å². The number of aromatic nitrogens is 1. The minimum atomic E-state index is -0.686. The van der Waals surface area contributed by atoms with Gasteiger partial charge < -0.3 is 5.11 Å². The zero-order valence-electron chi connectivity index (χ0n) is 13.4. The van der Waals surface area contributed by atoms with Crippen molar-refractivity contribution < 1.29 is 9.90 Å². The number of benzene rings is 1. The van der Waals surface area contributed by atoms with E-state index in [0.717, 1.165) is 35.8 Å². The minimum Gasteiger partial charge on any atom is -0.481 e. The Labute approximate surface area is 147 Å². The average molecular weight is 345 g/mol. The molecule has 1 fully saturated rings. The molecular formula is C19H21ClN2O2. The fourth-order valence-electron chi connectivity index (χ4n) is 3.36. The Morgan fingerprint density at radius 3 is 2.54 bits per heavy atom. The van der Waals surface area contributed by atoms with Crippen LogP contribution in [0.15, 0.2) is 48.7 Å². The number of pyridine rings is 1. The molecule has 5 heteroatoms. The zero-order chi connectivity index (χ0) is 16.9. The van der Waals surface area contributed by atoms with Crippen molar-refractivity contribution in [2.24, 2.45) is 5.92 Å². The zero-order valence-corrected chi connectivity index (χ0v) is 14.2. The third-order valence-electron chi connectivity index (χ3n) is 4.71. The lowest BCUT2D eigenvalue weighted by atomic mass is 9.92. The lowest BCUT2D eigenvalue weighted by molar-refractivity contribution is -0.143. The molecule has 1 unspecified atom stereocenters. The summed E-state index contributed by atoms with van der Waals surface area (Å²) in [5.74, 6) is -0.920. The van der Waals surface area contributed by atoms with Gasteiger partial charge in [-0.15, -0.1) is 0 Å². The second-order valence-electron chi connectivity index (χ2n) is 6.21. The van der Waals surface area contributed by atoms with Crippen LogP contribution in [0.5, 0.6) is 0 Å². The molecule has 0 aliphatic carbocycles. The molecule has 0 spiro atoms. The molecule has 2 aromatic rings. The monoisotopic (exact) mass is 344 g/mol. The van der Waals surface area contributed by atoms with Crippen molar-refractivity contribution in [3.63, 3.8) is 0 Å². The molecule has 1 aromatic carbocycles. The van der Waals surface area contributed by atoms with Gasteiger partial charge in [0.05, 0.1) is 5.92 Å². The summed E-state index contributed by atoms with van der Waals surface area (Å²) in [5.41, 5.74) is 2.10. The lowest BCUT2D eigenvalue weighted by Crippen LogP contribution is -2.39. The highest BCUT2D eigenvalue weighted by Crippen LogP contribution is 2.33. The van der Waals surface area contributed by atoms with Crippen LogP contribution in [0.1, 0.15) is 30.1 Å². The normalized spacial score (nSPS) is 17.5. The van der Waals surface area contributed by atoms with Crippen LogP contribution >= 0.6 is 11.6 Å². The maximum Gasteiger partial charge on any atom is 0.306 e. The number of hydrogen-bond donors (Lipinski definition) is 1. The Morgan fingerprint density at radius 2 is 1.92 bits per heavy atom. The molecule has 3 rings (SSSR count). The van der Waals surface area contributed by atoms with Gasteiger partial charge in [-0.3, -0.25) is 14.7 Å². The third-order valence-corrected chi connectivity index (χ3v) is 5.06. The summed E-state index contributed by atoms with van der Waals surface area (Å²) in [6.07, 6.45) is 3.93. The number of rotatable bonds is 5. The van der Waals surface area contributed by atoms with E-state index in [-0.39, 0.29) is 12.0 Å². The second kappa shape index (κ2) is 7.77. The van der Waals surface area contributed by atoms with Crippen molar-refractivity contribution in [1.82, 2.24) is 9.88 Å². The molecule has 0 saturated carbocycles. The Bertz CT molecular complexity index is 685. The molecule has 1 aromatic heterocycles. The summed E-state index contributed by atoms with van der Waals surface area (Å²) < 4.78 is 0. The van der Waals surface area contributed by atoms with Crippen molar-refractivity contribution >= 4 is 17.6 Å². The summed E-state index contributed by atoms with van der Waals surface area (Å²) in [4.78, 5) is 18.0. The van der Waals surface area contributed by atoms with Crippen molar-refractivity contribution in [2.45, 2.75) is 25.3 Å². The van der Waals surface area contributed by atoms with E-state index >= 15 is 0 Å². The number of carboxylic acid groups (broad SMARTS) is 1. The maximum atomic E-state index is 11.2. The van der Waals surface area contributed by atoms with Gasteiger partial charge in [-0.25, -0.2) is 0 Å². The van der Waals surface area contributed by atoms with E-state index in [1.807, 2.05) is 36.4 Å². The first-order valence-corrected chi connectivity index (χ1v) is 8.64. The SMILES string of the molecule is O=C(O)C1CCN(C(Cc2ccccn2)c2ccccc2Cl)CC1. The highest BCUT2D eigenvalue weighted by atomic mass is 35.5. The Morgan fingerprint density at radius 1 is 1.21 bits per heavy atom. The maximum absolute atomic E-state index is 11.2. The van der Waals surface area contributed by atoms with Gasteiger partial charge in [0.1, 0.15) is 0 Å². The van der Waals surface area contributed by atoms with Gasteiger partial charge in [0.15, 0.2) is 0 Å². The molecule has 1 atom stereocenters. The van der Waals surface area contributed by atoms with Crippen LogP contribution in [0.25, 0.3) is 0 Å². The predicted molar refractivity (Wildman–Crippen MR) is 94.1 cm³/mol. The number of hydrogen-bond acceptors (Lipinski definition) is 3. The van der Waals surface area contributed by atoms with E-state index in [9.17, 15) is 9.90 Å². The quantitative estimate of drug-likeness (QED) is 0.896. The number of likely N-dealkylation sites (tertiary alicyclic amines) is 1. The average Bonchev–Trinajstić information content (AvgIpc) is 2.61. The molecular weight excluding hydrogens is 324 g/mol. The van der Waals surface area contributed by atoms with E-state index in [1.165, 1.54) is 0 Å². The molecule has 126 valence electrons. The van der Waals surface area contributed by atoms with Crippen LogP contribution in [0, 0.1) is 5.92 Å². The summed E-state index contributed by atoms with van der Waals surface area (Å²) in [5, 5.41) is 9.96. The van der Waals surface area contributed by atoms with Crippen LogP contribution in [-0.4, -0.2) is 34.0 Å². The van der Waals surface area contributed by atoms with Crippen LogP contribution in [0.4, 0.5) is 0 Å². The van der Waals surface area contributed by atoms with Crippen molar-refractivity contribution in [3.8, 4) is 0 Å². The first-order valence-electron chi connectivity index (χ1n) is 8.26. The Balaban J connectivity index is 1.83. The van der Waals surface area contributed by atoms with E-state index in [0.29, 0.717) is 12.8 Å². The summed E-state index contributed by atoms with van der Waals surface area (Å²) >= 11 is 6.44. The number of aliphatic carboxylic acids is 1. The van der Waals surface area contributed by atoms with E-state index in [4.69, 9.17) is 11.6 Å². The first-order chi connectivity index (χ1) is 11.6. The smallest absolute Gasteiger partial charge is 0.306 e. The minimum absolute atomic E-state index is 0.114. The highest BCUT2D eigenvalue weighted by molar-refractivity contribution is 6.31. The fourth-order valence-corrected chi connectivity index (χ4v) is 3.62. The molecule has 1 aliphatic heterocycles. The van der Waals surface area contributed by atoms with Gasteiger partial charge in [-0.1, -0.05) is 35.9 Å². The number of carbonyl (C=O) groups is 1. The van der Waals surface area contributed by atoms with Crippen LogP contribution < -0.4 is 0 Å². The molecule has 4 nitrogen and oxygen atoms in total. The standard InChI is InChI=1S/C19H21ClN2O2/c20-17-7-2-1-6-16(17)18(13-15-5-3-4-10-21-15)22-11-8-14(9-12-22)19(23)24/h1-7,10,14,18H,8-9,11-13H2,(H,23,24). The van der Waals surface area contributed by atoms with E-state index in [2.05, 4.69) is 16.0 Å². The first kappa shape index (κ1) is 16.9. The van der Waals surface area contributed by atoms with Crippen molar-refractivity contribution in [2.75, 3.05) is 13.1 Å². The molecule has 1 aliphatic rings. The molecule has 2 heterocycles. The molecule has 0 radical (unpaired) electrons. The van der Waals surface area contributed by atoms with Crippen molar-refractivity contribution in [1.29, 1.82) is 0 Å². The van der Waals surface area contributed by atoms with Crippen LogP contribution in [-0.2, 0) is 11.2 Å². The number of halogens is 1. The van der Waals surface area contributed by atoms with Crippen LogP contribution in [0.2, 0.25) is 5.02 Å². The summed E-state index contributed by atoms with van der Waals surface area (Å²) in [6, 6.07) is 13.9. The number of carboxylic acids is 1. The van der Waals surface area contributed by atoms with E-state index < -0.39 is 5.97 Å². The second-order valence-corrected chi connectivity index (χ2v) is 6.62. The van der Waals surface area contributed by atoms with Gasteiger partial charge >= 0.3 is 5.97 Å². The third kappa shape index (κ3) is 3.94. The number of piperidine rings is 1. The summed E-state index contributed by atoms with van der Waals surface area (Å²) in [7, 11) is 0. The highest BCUT2D eigenvalue weighted by Gasteiger charge is 2.30. The van der Waals surface area contributed by atoms with E-state index in [1.54, 1.807) is 6.20 Å². The van der Waals surface area contributed by atoms with Gasteiger partial charge in [-0.05, 0) is 49.7 Å². The predicted octanol–water partition coefficient (Wildman–Crippen LogP) is 3.82. The topological polar surface area (TPSA) is 53.4 Å². The number of nitrogens with zero attached hydrogens (tertiary/aromatic N) is 2. The Hall–Kier alpha value is -1.91. The van der Waals surface area contributed by atoms with Gasteiger partial charge in [0.25, 0.3) is 0 Å². The summed E-state index contributed by atoms with van der Waals surface area (Å²) in [6.45, 7) is 1.53. The molecule has 24 heavy (non-hydrogen) atoms. The lowest BCUT2D eigenvalue weighted by Gasteiger charge is -2.37. The Kier molecular flexibility index (Phi) is 5.48. The van der Waals surface area contributed by atoms with Crippen LogP contribution in [0.3, 0.4) is 0 Å². The molecule has 0 amide bonds. The van der Waals surface area contributed by atoms with Gasteiger partial charge in [0.2, 0.25) is 0 Å². The van der Waals surface area contributed by atoms with Gasteiger partial charge in [-0.2, -0.15) is 0 Å². The fraction of sp³-hybridized carbons (Fsp3) is 0.368. The molecule has 0 bridgehead atoms. The van der Waals surface area contributed by atoms with Gasteiger partial charge in [0, 0.05) is 29.4 Å². The largest absolute Gasteiger partial charge is 0.481 e.